The van der Waals surface area contributed by atoms with Gasteiger partial charge in [0.2, 0.25) is 5.91 Å². The van der Waals surface area contributed by atoms with Gasteiger partial charge in [0.1, 0.15) is 24.3 Å². The van der Waals surface area contributed by atoms with E-state index in [0.717, 1.165) is 24.3 Å². The third-order valence-corrected chi connectivity index (χ3v) is 4.54. The molecule has 0 fully saturated rings. The molecule has 2 aromatic carbocycles. The minimum Gasteiger partial charge on any atom is -0.461 e. The molecule has 176 valence electrons. The van der Waals surface area contributed by atoms with Crippen molar-refractivity contribution >= 4 is 17.7 Å². The Kier molecular flexibility index (Phi) is 8.99. The van der Waals surface area contributed by atoms with Crippen molar-refractivity contribution < 1.29 is 27.9 Å². The maximum absolute atomic E-state index is 13.8. The molecule has 0 aromatic heterocycles. The average Bonchev–Trinajstić information content (AvgIpc) is 2.71. The lowest BCUT2D eigenvalue weighted by molar-refractivity contribution is -0.138. The number of likely N-dealkylation sites (N-methyl/N-ethyl adjacent to an activating group) is 1. The van der Waals surface area contributed by atoms with E-state index < -0.39 is 35.0 Å². The van der Waals surface area contributed by atoms with Crippen LogP contribution in [-0.2, 0) is 14.3 Å². The van der Waals surface area contributed by atoms with E-state index in [0.29, 0.717) is 5.56 Å². The van der Waals surface area contributed by atoms with Crippen LogP contribution in [0.4, 0.5) is 8.78 Å². The Hall–Kier alpha value is -3.39. The second-order valence-corrected chi connectivity index (χ2v) is 8.55. The van der Waals surface area contributed by atoms with Crippen molar-refractivity contribution in [3.8, 4) is 0 Å². The van der Waals surface area contributed by atoms with Crippen LogP contribution >= 0.6 is 0 Å². The molecule has 6 nitrogen and oxygen atoms in total. The summed E-state index contributed by atoms with van der Waals surface area (Å²) in [5.74, 6) is -2.44. The van der Waals surface area contributed by atoms with Crippen LogP contribution in [-0.4, -0.2) is 48.3 Å². The van der Waals surface area contributed by atoms with E-state index in [-0.39, 0.29) is 24.6 Å². The molecular weight excluding hydrogens is 430 g/mol. The molecule has 0 saturated heterocycles. The van der Waals surface area contributed by atoms with Gasteiger partial charge in [-0.2, -0.15) is 0 Å². The highest BCUT2D eigenvalue weighted by Crippen LogP contribution is 2.21. The number of nitrogens with zero attached hydrogens (tertiary/aromatic N) is 1. The number of allylic oxidation sites excluding steroid dienone is 1. The fourth-order valence-corrected chi connectivity index (χ4v) is 3.04. The molecule has 0 spiro atoms. The van der Waals surface area contributed by atoms with Crippen LogP contribution in [0.5, 0.6) is 0 Å². The number of carbonyl (C=O) groups is 3. The van der Waals surface area contributed by atoms with Crippen molar-refractivity contribution in [3.63, 3.8) is 0 Å². The summed E-state index contributed by atoms with van der Waals surface area (Å²) in [6.45, 7) is 5.65. The number of benzene rings is 2. The van der Waals surface area contributed by atoms with E-state index in [4.69, 9.17) is 4.74 Å². The Bertz CT molecular complexity index is 1010. The van der Waals surface area contributed by atoms with Crippen LogP contribution in [0.3, 0.4) is 0 Å². The Morgan fingerprint density at radius 3 is 2.30 bits per heavy atom. The summed E-state index contributed by atoms with van der Waals surface area (Å²) in [6, 6.07) is 9.91. The SMILES string of the molecule is CN(CCOC(=O)/C=C/C(=O)c1ccc(F)cc1)C(C(=O)NC(C)(C)C)c1cccc(F)c1. The fraction of sp³-hybridized carbons (Fsp3) is 0.320. The van der Waals surface area contributed by atoms with Crippen molar-refractivity contribution in [2.75, 3.05) is 20.2 Å². The smallest absolute Gasteiger partial charge is 0.330 e. The Labute approximate surface area is 192 Å². The number of ketones is 1. The Morgan fingerprint density at radius 2 is 1.70 bits per heavy atom. The van der Waals surface area contributed by atoms with Gasteiger partial charge in [0.15, 0.2) is 5.78 Å². The van der Waals surface area contributed by atoms with Gasteiger partial charge in [0.25, 0.3) is 0 Å². The second kappa shape index (κ2) is 11.5. The van der Waals surface area contributed by atoms with E-state index >= 15 is 0 Å². The lowest BCUT2D eigenvalue weighted by Crippen LogP contribution is -2.47. The summed E-state index contributed by atoms with van der Waals surface area (Å²) >= 11 is 0. The quantitative estimate of drug-likeness (QED) is 0.351. The molecule has 1 amide bonds. The normalized spacial score (nSPS) is 12.6. The summed E-state index contributed by atoms with van der Waals surface area (Å²) in [5, 5.41) is 2.89. The molecule has 0 bridgehead atoms. The Morgan fingerprint density at radius 1 is 1.03 bits per heavy atom. The fourth-order valence-electron chi connectivity index (χ4n) is 3.04. The van der Waals surface area contributed by atoms with Crippen LogP contribution in [0.15, 0.2) is 60.7 Å². The summed E-state index contributed by atoms with van der Waals surface area (Å²) in [6.07, 6.45) is 2.04. The van der Waals surface area contributed by atoms with Gasteiger partial charge >= 0.3 is 5.97 Å². The standard InChI is InChI=1S/C25H28F2N2O4/c1-25(2,3)28-24(32)23(18-6-5-7-20(27)16-18)29(4)14-15-33-22(31)13-12-21(30)17-8-10-19(26)11-9-17/h5-13,16,23H,14-15H2,1-4H3,(H,28,32)/b13-12+. The highest BCUT2D eigenvalue weighted by molar-refractivity contribution is 6.06. The third kappa shape index (κ3) is 8.57. The number of carbonyl (C=O) groups excluding carboxylic acids is 3. The van der Waals surface area contributed by atoms with Gasteiger partial charge < -0.3 is 10.1 Å². The number of halogens is 2. The second-order valence-electron chi connectivity index (χ2n) is 8.55. The monoisotopic (exact) mass is 458 g/mol. The predicted molar refractivity (Wildman–Crippen MR) is 120 cm³/mol. The molecule has 2 aromatic rings. The van der Waals surface area contributed by atoms with Crippen molar-refractivity contribution in [3.05, 3.63) is 83.4 Å². The Balaban J connectivity index is 1.97. The minimum atomic E-state index is -0.797. The van der Waals surface area contributed by atoms with Gasteiger partial charge in [-0.15, -0.1) is 0 Å². The molecule has 0 heterocycles. The molecule has 1 atom stereocenters. The van der Waals surface area contributed by atoms with Crippen LogP contribution < -0.4 is 5.32 Å². The van der Waals surface area contributed by atoms with Crippen LogP contribution in [0.25, 0.3) is 0 Å². The zero-order valence-corrected chi connectivity index (χ0v) is 19.1. The zero-order valence-electron chi connectivity index (χ0n) is 19.1. The highest BCUT2D eigenvalue weighted by Gasteiger charge is 2.28. The average molecular weight is 459 g/mol. The van der Waals surface area contributed by atoms with Gasteiger partial charge in [-0.05, 0) is 75.9 Å². The molecule has 1 unspecified atom stereocenters. The molecule has 33 heavy (non-hydrogen) atoms. The van der Waals surface area contributed by atoms with Crippen LogP contribution in [0.1, 0.15) is 42.7 Å². The van der Waals surface area contributed by atoms with Gasteiger partial charge in [0.05, 0.1) is 0 Å². The first kappa shape index (κ1) is 25.9. The zero-order chi connectivity index (χ0) is 24.6. The predicted octanol–water partition coefficient (Wildman–Crippen LogP) is 3.83. The van der Waals surface area contributed by atoms with Gasteiger partial charge in [-0.3, -0.25) is 14.5 Å². The maximum atomic E-state index is 13.8. The van der Waals surface area contributed by atoms with E-state index in [1.54, 1.807) is 18.0 Å². The summed E-state index contributed by atoms with van der Waals surface area (Å²) in [5.41, 5.74) is 0.219. The van der Waals surface area contributed by atoms with E-state index in [2.05, 4.69) is 5.32 Å². The molecule has 0 aliphatic carbocycles. The van der Waals surface area contributed by atoms with E-state index in [9.17, 15) is 23.2 Å². The first-order chi connectivity index (χ1) is 15.5. The number of amides is 1. The molecule has 0 aliphatic heterocycles. The molecule has 0 aliphatic rings. The topological polar surface area (TPSA) is 75.7 Å². The summed E-state index contributed by atoms with van der Waals surface area (Å²) in [4.78, 5) is 38.5. The number of esters is 1. The largest absolute Gasteiger partial charge is 0.461 e. The van der Waals surface area contributed by atoms with Crippen molar-refractivity contribution in [1.29, 1.82) is 0 Å². The van der Waals surface area contributed by atoms with Crippen LogP contribution in [0.2, 0.25) is 0 Å². The summed E-state index contributed by atoms with van der Waals surface area (Å²) in [7, 11) is 1.67. The van der Waals surface area contributed by atoms with Crippen molar-refractivity contribution in [2.45, 2.75) is 32.4 Å². The van der Waals surface area contributed by atoms with Gasteiger partial charge in [-0.25, -0.2) is 13.6 Å². The number of nitrogens with one attached hydrogen (secondary N) is 1. The van der Waals surface area contributed by atoms with Crippen molar-refractivity contribution in [2.24, 2.45) is 0 Å². The molecule has 8 heteroatoms. The lowest BCUT2D eigenvalue weighted by atomic mass is 10.0. The minimum absolute atomic E-state index is 0.0565. The number of hydrogen-bond donors (Lipinski definition) is 1. The molecule has 0 saturated carbocycles. The first-order valence-electron chi connectivity index (χ1n) is 10.4. The number of hydrogen-bond acceptors (Lipinski definition) is 5. The third-order valence-electron chi connectivity index (χ3n) is 4.54. The highest BCUT2D eigenvalue weighted by atomic mass is 19.1. The van der Waals surface area contributed by atoms with Gasteiger partial charge in [0, 0.05) is 23.7 Å². The number of rotatable bonds is 9. The van der Waals surface area contributed by atoms with E-state index in [1.165, 1.54) is 30.3 Å². The summed E-state index contributed by atoms with van der Waals surface area (Å²) < 4.78 is 31.8. The van der Waals surface area contributed by atoms with Gasteiger partial charge in [-0.1, -0.05) is 12.1 Å². The first-order valence-corrected chi connectivity index (χ1v) is 10.4. The molecular formula is C25H28F2N2O4. The van der Waals surface area contributed by atoms with Crippen molar-refractivity contribution in [1.82, 2.24) is 10.2 Å². The lowest BCUT2D eigenvalue weighted by Gasteiger charge is -2.31. The van der Waals surface area contributed by atoms with Crippen LogP contribution in [0, 0.1) is 11.6 Å². The molecule has 1 N–H and O–H groups in total. The molecule has 0 radical (unpaired) electrons. The maximum Gasteiger partial charge on any atom is 0.330 e. The van der Waals surface area contributed by atoms with E-state index in [1.807, 2.05) is 20.8 Å². The number of ether oxygens (including phenoxy) is 1. The molecule has 2 rings (SSSR count).